The summed E-state index contributed by atoms with van der Waals surface area (Å²) in [6.07, 6.45) is 9.73. The van der Waals surface area contributed by atoms with Crippen LogP contribution in [-0.2, 0) is 9.59 Å². The van der Waals surface area contributed by atoms with Crippen LogP contribution in [0.4, 0.5) is 0 Å². The molecule has 0 saturated heterocycles. The van der Waals surface area contributed by atoms with E-state index in [-0.39, 0.29) is 40.1 Å². The van der Waals surface area contributed by atoms with E-state index in [0.29, 0.717) is 17.8 Å². The van der Waals surface area contributed by atoms with E-state index >= 15 is 0 Å². The Morgan fingerprint density at radius 1 is 1.14 bits per heavy atom. The number of amides is 2. The summed E-state index contributed by atoms with van der Waals surface area (Å²) in [5.74, 6) is 1.62. The normalized spacial score (nSPS) is 45.3. The van der Waals surface area contributed by atoms with Crippen LogP contribution < -0.4 is 5.32 Å². The summed E-state index contributed by atoms with van der Waals surface area (Å²) >= 11 is 0. The van der Waals surface area contributed by atoms with Crippen molar-refractivity contribution in [1.29, 1.82) is 0 Å². The molecule has 4 rings (SSSR count). The first kappa shape index (κ1) is 19.9. The van der Waals surface area contributed by atoms with Gasteiger partial charge in [-0.1, -0.05) is 19.9 Å². The molecule has 3 aliphatic carbocycles. The summed E-state index contributed by atoms with van der Waals surface area (Å²) in [5, 5.41) is 14.6. The van der Waals surface area contributed by atoms with Gasteiger partial charge in [-0.3, -0.25) is 14.8 Å². The molecule has 7 atom stereocenters. The molecule has 0 spiro atoms. The van der Waals surface area contributed by atoms with Gasteiger partial charge in [-0.15, -0.1) is 0 Å². The Bertz CT molecular complexity index is 711. The fourth-order valence-electron chi connectivity index (χ4n) is 7.36. The first-order valence-corrected chi connectivity index (χ1v) is 11.0. The van der Waals surface area contributed by atoms with Gasteiger partial charge in [0.1, 0.15) is 0 Å². The molecule has 28 heavy (non-hydrogen) atoms. The number of carbonyl (C=O) groups excluding carboxylic acids is 2. The molecule has 4 aliphatic rings. The van der Waals surface area contributed by atoms with Crippen molar-refractivity contribution in [3.05, 3.63) is 12.2 Å². The van der Waals surface area contributed by atoms with Crippen molar-refractivity contribution in [2.24, 2.45) is 34.5 Å². The Hall–Kier alpha value is -1.36. The fraction of sp³-hybridized carbons (Fsp3) is 0.826. The molecule has 5 nitrogen and oxygen atoms in total. The fourth-order valence-corrected chi connectivity index (χ4v) is 7.36. The topological polar surface area (TPSA) is 69.6 Å². The lowest BCUT2D eigenvalue weighted by atomic mass is 9.48. The maximum absolute atomic E-state index is 13.1. The van der Waals surface area contributed by atoms with Crippen LogP contribution in [0.3, 0.4) is 0 Å². The van der Waals surface area contributed by atoms with Gasteiger partial charge in [-0.25, -0.2) is 5.06 Å². The molecule has 0 radical (unpaired) electrons. The zero-order chi connectivity index (χ0) is 20.5. The number of hydrogen-bond acceptors (Lipinski definition) is 3. The predicted molar refractivity (Wildman–Crippen MR) is 107 cm³/mol. The van der Waals surface area contributed by atoms with E-state index in [1.807, 2.05) is 0 Å². The van der Waals surface area contributed by atoms with Crippen molar-refractivity contribution in [2.75, 3.05) is 0 Å². The molecule has 3 saturated carbocycles. The molecule has 2 amide bonds. The third-order valence-corrected chi connectivity index (χ3v) is 8.65. The Labute approximate surface area is 168 Å². The molecule has 3 fully saturated rings. The molecule has 0 bridgehead atoms. The summed E-state index contributed by atoms with van der Waals surface area (Å²) in [7, 11) is 0. The molecule has 1 aliphatic heterocycles. The number of nitrogens with zero attached hydrogens (tertiary/aromatic N) is 1. The molecular weight excluding hydrogens is 352 g/mol. The van der Waals surface area contributed by atoms with Crippen molar-refractivity contribution in [3.8, 4) is 0 Å². The lowest BCUT2D eigenvalue weighted by Crippen LogP contribution is -2.60. The first-order valence-electron chi connectivity index (χ1n) is 11.0. The monoisotopic (exact) mass is 388 g/mol. The van der Waals surface area contributed by atoms with Gasteiger partial charge in [0.05, 0.1) is 6.04 Å². The van der Waals surface area contributed by atoms with Crippen LogP contribution in [0.25, 0.3) is 0 Å². The summed E-state index contributed by atoms with van der Waals surface area (Å²) in [6.45, 7) is 10.7. The van der Waals surface area contributed by atoms with Crippen LogP contribution in [0.15, 0.2) is 12.2 Å². The second kappa shape index (κ2) is 6.32. The highest BCUT2D eigenvalue weighted by molar-refractivity contribution is 5.88. The third kappa shape index (κ3) is 2.84. The van der Waals surface area contributed by atoms with Gasteiger partial charge < -0.3 is 5.32 Å². The SMILES string of the molecule is CC(C)(C)NC(=O)[C@H]1CC[C@H]2[C@@H]3CC[C@H]4N(O)C(=O)C=C[C@]4(C)[C@H]3CC[C@]12C. The van der Waals surface area contributed by atoms with E-state index in [4.69, 9.17) is 0 Å². The van der Waals surface area contributed by atoms with E-state index in [1.165, 1.54) is 0 Å². The predicted octanol–water partition coefficient (Wildman–Crippen LogP) is 3.92. The van der Waals surface area contributed by atoms with Gasteiger partial charge in [0, 0.05) is 22.9 Å². The maximum atomic E-state index is 13.1. The number of nitrogens with one attached hydrogen (secondary N) is 1. The minimum Gasteiger partial charge on any atom is -0.351 e. The minimum absolute atomic E-state index is 0.0623. The molecule has 0 aromatic heterocycles. The van der Waals surface area contributed by atoms with Gasteiger partial charge >= 0.3 is 0 Å². The van der Waals surface area contributed by atoms with Crippen LogP contribution in [0, 0.1) is 34.5 Å². The van der Waals surface area contributed by atoms with Crippen LogP contribution >= 0.6 is 0 Å². The highest BCUT2D eigenvalue weighted by Crippen LogP contribution is 2.65. The largest absolute Gasteiger partial charge is 0.351 e. The summed E-state index contributed by atoms with van der Waals surface area (Å²) in [4.78, 5) is 25.0. The average molecular weight is 389 g/mol. The van der Waals surface area contributed by atoms with Gasteiger partial charge in [-0.05, 0) is 82.5 Å². The molecule has 1 heterocycles. The Kier molecular flexibility index (Phi) is 4.50. The van der Waals surface area contributed by atoms with Gasteiger partial charge in [0.15, 0.2) is 0 Å². The lowest BCUT2D eigenvalue weighted by Gasteiger charge is -2.59. The Morgan fingerprint density at radius 3 is 2.54 bits per heavy atom. The number of hydroxylamine groups is 2. The van der Waals surface area contributed by atoms with Crippen LogP contribution in [-0.4, -0.2) is 33.7 Å². The second-order valence-corrected chi connectivity index (χ2v) is 11.3. The highest BCUT2D eigenvalue weighted by Gasteiger charge is 2.61. The van der Waals surface area contributed by atoms with E-state index in [2.05, 4.69) is 46.0 Å². The van der Waals surface area contributed by atoms with Crippen molar-refractivity contribution in [1.82, 2.24) is 10.4 Å². The van der Waals surface area contributed by atoms with Crippen molar-refractivity contribution in [3.63, 3.8) is 0 Å². The molecule has 5 heteroatoms. The quantitative estimate of drug-likeness (QED) is 0.669. The third-order valence-electron chi connectivity index (χ3n) is 8.65. The van der Waals surface area contributed by atoms with Crippen molar-refractivity contribution in [2.45, 2.75) is 84.7 Å². The molecule has 2 N–H and O–H groups in total. The average Bonchev–Trinajstić information content (AvgIpc) is 2.94. The van der Waals surface area contributed by atoms with Gasteiger partial charge in [-0.2, -0.15) is 0 Å². The molecular formula is C23H36N2O3. The molecule has 0 aromatic rings. The van der Waals surface area contributed by atoms with E-state index in [9.17, 15) is 14.8 Å². The van der Waals surface area contributed by atoms with Crippen LogP contribution in [0.5, 0.6) is 0 Å². The number of hydrogen-bond donors (Lipinski definition) is 2. The summed E-state index contributed by atoms with van der Waals surface area (Å²) in [6, 6.07) is -0.114. The maximum Gasteiger partial charge on any atom is 0.269 e. The smallest absolute Gasteiger partial charge is 0.269 e. The zero-order valence-electron chi connectivity index (χ0n) is 18.0. The van der Waals surface area contributed by atoms with E-state index < -0.39 is 0 Å². The Morgan fingerprint density at radius 2 is 1.86 bits per heavy atom. The van der Waals surface area contributed by atoms with E-state index in [0.717, 1.165) is 43.6 Å². The summed E-state index contributed by atoms with van der Waals surface area (Å²) < 4.78 is 0. The van der Waals surface area contributed by atoms with Gasteiger partial charge in [0.2, 0.25) is 5.91 Å². The molecule has 0 unspecified atom stereocenters. The molecule has 0 aromatic carbocycles. The first-order chi connectivity index (χ1) is 13.0. The zero-order valence-corrected chi connectivity index (χ0v) is 18.0. The second-order valence-electron chi connectivity index (χ2n) is 11.3. The van der Waals surface area contributed by atoms with Crippen molar-refractivity contribution < 1.29 is 14.8 Å². The number of fused-ring (bicyclic) bond motifs is 5. The lowest BCUT2D eigenvalue weighted by molar-refractivity contribution is -0.201. The molecule has 156 valence electrons. The standard InChI is InChI=1S/C23H36N2O3/c1-21(2,3)24-20(27)17-8-7-15-14-6-9-18-23(5,13-11-19(26)25(18)28)16(14)10-12-22(15,17)4/h11,13-18,28H,6-10,12H2,1-5H3,(H,24,27)/t14-,15-,16-,17+,18+,22-,23+/m0/s1. The summed E-state index contributed by atoms with van der Waals surface area (Å²) in [5.41, 5.74) is -0.302. The van der Waals surface area contributed by atoms with E-state index in [1.54, 1.807) is 6.08 Å². The highest BCUT2D eigenvalue weighted by atomic mass is 16.5. The van der Waals surface area contributed by atoms with Crippen LogP contribution in [0.1, 0.15) is 73.1 Å². The van der Waals surface area contributed by atoms with Crippen LogP contribution in [0.2, 0.25) is 0 Å². The number of rotatable bonds is 1. The Balaban J connectivity index is 1.59. The number of carbonyl (C=O) groups is 2. The minimum atomic E-state index is -0.290. The van der Waals surface area contributed by atoms with Crippen molar-refractivity contribution >= 4 is 11.8 Å². The van der Waals surface area contributed by atoms with Gasteiger partial charge in [0.25, 0.3) is 5.91 Å².